The van der Waals surface area contributed by atoms with Crippen molar-refractivity contribution in [2.75, 3.05) is 25.6 Å². The summed E-state index contributed by atoms with van der Waals surface area (Å²) in [5, 5.41) is 9.17. The van der Waals surface area contributed by atoms with Gasteiger partial charge in [-0.15, -0.1) is 23.5 Å². The summed E-state index contributed by atoms with van der Waals surface area (Å²) >= 11 is 7.76. The molecule has 61 heavy (non-hydrogen) atoms. The van der Waals surface area contributed by atoms with Crippen LogP contribution in [0.5, 0.6) is 0 Å². The second kappa shape index (κ2) is 19.9. The Balaban J connectivity index is 6.92. The van der Waals surface area contributed by atoms with Crippen LogP contribution in [0, 0.1) is 17.3 Å². The van der Waals surface area contributed by atoms with Gasteiger partial charge < -0.3 is 24.1 Å². The van der Waals surface area contributed by atoms with Crippen LogP contribution in [0.2, 0.25) is 0 Å². The molecule has 0 heterocycles. The quantitative estimate of drug-likeness (QED) is 0.0489. The van der Waals surface area contributed by atoms with Crippen molar-refractivity contribution in [2.24, 2.45) is 17.3 Å². The number of alkyl halides is 17. The largest absolute Gasteiger partial charge is 0.463 e. The zero-order valence-corrected chi connectivity index (χ0v) is 36.6. The Morgan fingerprint density at radius 1 is 0.672 bits per heavy atom. The molecule has 0 saturated heterocycles. The van der Waals surface area contributed by atoms with Gasteiger partial charge in [-0.1, -0.05) is 46.3 Å². The molecule has 0 aliphatic rings. The number of unbranched alkanes of at least 4 members (excludes halogenated alkanes) is 1. The number of thiocarbonyl (C=S) groups is 1. The van der Waals surface area contributed by atoms with Crippen LogP contribution in [0.1, 0.15) is 88.5 Å². The molecule has 0 bridgehead atoms. The highest BCUT2D eigenvalue weighted by Gasteiger charge is 2.85. The number of halogens is 17. The van der Waals surface area contributed by atoms with Gasteiger partial charge in [0.05, 0.1) is 18.4 Å². The van der Waals surface area contributed by atoms with Crippen molar-refractivity contribution in [3.63, 3.8) is 0 Å². The highest BCUT2D eigenvalue weighted by Crippen LogP contribution is 2.59. The molecule has 0 aliphatic heterocycles. The lowest BCUT2D eigenvalue weighted by Crippen LogP contribution is -2.73. The summed E-state index contributed by atoms with van der Waals surface area (Å²) in [6, 6.07) is 0. The minimum Gasteiger partial charge on any atom is -0.463 e. The van der Waals surface area contributed by atoms with E-state index in [-0.39, 0.29) is 20.3 Å². The maximum Gasteiger partial charge on any atom is 0.462 e. The van der Waals surface area contributed by atoms with E-state index in [9.17, 15) is 71.8 Å². The van der Waals surface area contributed by atoms with Crippen molar-refractivity contribution in [3.8, 4) is 0 Å². The average Bonchev–Trinajstić information content (AvgIpc) is 3.04. The molecule has 27 heteroatoms. The molecule has 4 unspecified atom stereocenters. The monoisotopic (exact) mass is 986 g/mol. The molecular weight excluding hydrogens is 940 g/mol. The van der Waals surface area contributed by atoms with Gasteiger partial charge in [-0.3, -0.25) is 9.59 Å². The number of aliphatic hydroxyl groups excluding tert-OH is 1. The van der Waals surface area contributed by atoms with E-state index in [1.807, 2.05) is 6.92 Å². The van der Waals surface area contributed by atoms with E-state index < -0.39 is 127 Å². The summed E-state index contributed by atoms with van der Waals surface area (Å²) in [5.41, 5.74) is -24.1. The van der Waals surface area contributed by atoms with Gasteiger partial charge in [0.25, 0.3) is 5.67 Å². The Morgan fingerprint density at radius 3 is 1.56 bits per heavy atom. The summed E-state index contributed by atoms with van der Waals surface area (Å²) in [6.45, 7) is 2.34. The molecule has 4 atom stereocenters. The third-order valence-corrected chi connectivity index (χ3v) is 12.6. The van der Waals surface area contributed by atoms with Gasteiger partial charge >= 0.3 is 54.3 Å². The first-order valence-corrected chi connectivity index (χ1v) is 19.9. The first-order chi connectivity index (χ1) is 26.7. The fraction of sp³-hybridized carbons (Fsp3) is 0.912. The lowest BCUT2D eigenvalue weighted by Gasteiger charge is -2.49. The number of hydrogen-bond donors (Lipinski definition) is 1. The second-order valence-electron chi connectivity index (χ2n) is 15.9. The number of esters is 2. The number of rotatable bonds is 22. The molecule has 0 amide bonds. The van der Waals surface area contributed by atoms with Crippen LogP contribution in [0.15, 0.2) is 0 Å². The Kier molecular flexibility index (Phi) is 19.4. The standard InChI is InChI=1S/C34H47F17O7S3/c1-11-12-15-60-22(59)61-24(5,6)19(21(54)55-14-13-52)16-23(3,4)18(2)20(53)56-17-27(35,30(39,40)41)25(7,8)57-33(48,49)28(36,31(42,43)44)26(9,10)58-34(50,51)29(37,38)32(45,46)47/h18-19,52H,11-17H2,1-10H3. The van der Waals surface area contributed by atoms with Crippen molar-refractivity contribution in [1.29, 1.82) is 0 Å². The molecule has 0 saturated carbocycles. The van der Waals surface area contributed by atoms with Crippen LogP contribution in [0.4, 0.5) is 74.6 Å². The molecule has 0 spiro atoms. The predicted octanol–water partition coefficient (Wildman–Crippen LogP) is 11.6. The molecule has 362 valence electrons. The lowest BCUT2D eigenvalue weighted by molar-refractivity contribution is -0.489. The molecule has 0 radical (unpaired) electrons. The normalized spacial score (nSPS) is 17.6. The minimum atomic E-state index is -7.49. The van der Waals surface area contributed by atoms with E-state index in [2.05, 4.69) is 14.2 Å². The molecule has 0 aromatic carbocycles. The molecular formula is C34H47F17O7S3. The summed E-state index contributed by atoms with van der Waals surface area (Å²) in [4.78, 5) is 26.4. The molecule has 0 aromatic rings. The van der Waals surface area contributed by atoms with E-state index in [1.165, 1.54) is 25.6 Å². The number of thioether (sulfide) groups is 2. The zero-order valence-electron chi connectivity index (χ0n) is 34.2. The summed E-state index contributed by atoms with van der Waals surface area (Å²) in [7, 11) is 0. The van der Waals surface area contributed by atoms with E-state index in [0.29, 0.717) is 9.28 Å². The van der Waals surface area contributed by atoms with Gasteiger partial charge in [0, 0.05) is 4.75 Å². The van der Waals surface area contributed by atoms with Gasteiger partial charge in [0.2, 0.25) is 0 Å². The maximum atomic E-state index is 16.2. The molecule has 0 rings (SSSR count). The third-order valence-electron chi connectivity index (χ3n) is 9.71. The first kappa shape index (κ1) is 59.4. The molecule has 7 nitrogen and oxygen atoms in total. The number of carbonyl (C=O) groups excluding carboxylic acids is 2. The van der Waals surface area contributed by atoms with Crippen molar-refractivity contribution in [1.82, 2.24) is 0 Å². The summed E-state index contributed by atoms with van der Waals surface area (Å²) < 4.78 is 256. The Labute approximate surface area is 354 Å². The molecule has 0 aromatic heterocycles. The van der Waals surface area contributed by atoms with Crippen LogP contribution in [-0.4, -0.2) is 110 Å². The highest BCUT2D eigenvalue weighted by molar-refractivity contribution is 8.47. The summed E-state index contributed by atoms with van der Waals surface area (Å²) in [5.74, 6) is -12.4. The predicted molar refractivity (Wildman–Crippen MR) is 193 cm³/mol. The average molecular weight is 987 g/mol. The Hall–Kier alpha value is -1.58. The minimum absolute atomic E-state index is 0.363. The van der Waals surface area contributed by atoms with Gasteiger partial charge in [-0.2, -0.15) is 65.9 Å². The van der Waals surface area contributed by atoms with Crippen LogP contribution in [-0.2, 0) is 28.5 Å². The van der Waals surface area contributed by atoms with Gasteiger partial charge in [-0.05, 0) is 65.6 Å². The van der Waals surface area contributed by atoms with E-state index in [0.717, 1.165) is 31.5 Å². The number of ether oxygens (including phenoxy) is 4. The maximum absolute atomic E-state index is 16.2. The SMILES string of the molecule is CCCCSC(=S)SC(C)(C)C(CC(C)(C)C(C)C(=O)OCC(F)(C(F)(F)F)C(C)(C)OC(F)(F)C(F)(C(F)(F)F)C(C)(C)OC(F)(F)C(F)(F)C(F)(F)F)C(=O)OCCO. The first-order valence-electron chi connectivity index (χ1n) is 17.6. The van der Waals surface area contributed by atoms with Crippen molar-refractivity contribution in [3.05, 3.63) is 0 Å². The number of aliphatic hydroxyl groups is 1. The van der Waals surface area contributed by atoms with E-state index in [1.54, 1.807) is 13.8 Å². The van der Waals surface area contributed by atoms with Gasteiger partial charge in [0.15, 0.2) is 0 Å². The fourth-order valence-corrected chi connectivity index (χ4v) is 8.71. The van der Waals surface area contributed by atoms with Crippen molar-refractivity contribution >= 4 is 51.2 Å². The van der Waals surface area contributed by atoms with Crippen LogP contribution < -0.4 is 0 Å². The Morgan fingerprint density at radius 2 is 1.15 bits per heavy atom. The van der Waals surface area contributed by atoms with Gasteiger partial charge in [0.1, 0.15) is 27.9 Å². The van der Waals surface area contributed by atoms with Crippen LogP contribution >= 0.6 is 35.7 Å². The zero-order chi connectivity index (χ0) is 49.1. The van der Waals surface area contributed by atoms with E-state index >= 15 is 17.6 Å². The Bertz CT molecular complexity index is 1500. The molecule has 0 fully saturated rings. The smallest absolute Gasteiger partial charge is 0.462 e. The number of hydrogen-bond acceptors (Lipinski definition) is 10. The third kappa shape index (κ3) is 13.3. The summed E-state index contributed by atoms with van der Waals surface area (Å²) in [6.07, 6.45) is -34.6. The van der Waals surface area contributed by atoms with Gasteiger partial charge in [-0.25, -0.2) is 8.78 Å². The van der Waals surface area contributed by atoms with Crippen LogP contribution in [0.25, 0.3) is 0 Å². The van der Waals surface area contributed by atoms with E-state index in [4.69, 9.17) is 17.0 Å². The highest BCUT2D eigenvalue weighted by atomic mass is 32.2. The lowest BCUT2D eigenvalue weighted by atomic mass is 9.71. The topological polar surface area (TPSA) is 91.3 Å². The van der Waals surface area contributed by atoms with Crippen LogP contribution in [0.3, 0.4) is 0 Å². The van der Waals surface area contributed by atoms with Crippen molar-refractivity contribution < 1.29 is 108 Å². The molecule has 0 aliphatic carbocycles. The van der Waals surface area contributed by atoms with Crippen molar-refractivity contribution in [2.45, 2.75) is 152 Å². The molecule has 1 N–H and O–H groups in total. The second-order valence-corrected chi connectivity index (χ2v) is 19.9. The number of carbonyl (C=O) groups is 2. The fourth-order valence-electron chi connectivity index (χ4n) is 5.34.